The Morgan fingerprint density at radius 2 is 2.11 bits per heavy atom. The summed E-state index contributed by atoms with van der Waals surface area (Å²) in [6.07, 6.45) is 0. The van der Waals surface area contributed by atoms with Crippen molar-refractivity contribution in [2.75, 3.05) is 19.6 Å². The lowest BCUT2D eigenvalue weighted by Gasteiger charge is -2.37. The number of hydrogen-bond acceptors (Lipinski definition) is 4. The number of pyridine rings is 1. The molecule has 0 saturated carbocycles. The van der Waals surface area contributed by atoms with Crippen LogP contribution in [-0.4, -0.2) is 45.2 Å². The number of halogens is 1. The minimum atomic E-state index is -0.0644. The van der Waals surface area contributed by atoms with Crippen LogP contribution in [-0.2, 0) is 7.05 Å². The van der Waals surface area contributed by atoms with E-state index in [4.69, 9.17) is 11.6 Å². The van der Waals surface area contributed by atoms with Gasteiger partial charge in [-0.2, -0.15) is 5.10 Å². The van der Waals surface area contributed by atoms with Gasteiger partial charge >= 0.3 is 0 Å². The number of nitrogens with one attached hydrogen (secondary N) is 1. The Balaban J connectivity index is 1.80. The molecule has 1 atom stereocenters. The summed E-state index contributed by atoms with van der Waals surface area (Å²) < 4.78 is 1.74. The molecule has 1 amide bonds. The van der Waals surface area contributed by atoms with Crippen LogP contribution >= 0.6 is 11.6 Å². The monoisotopic (exact) mass is 383 g/mol. The van der Waals surface area contributed by atoms with Gasteiger partial charge in [-0.25, -0.2) is 4.98 Å². The Labute approximate surface area is 163 Å². The molecule has 1 unspecified atom stereocenters. The highest BCUT2D eigenvalue weighted by atomic mass is 35.5. The molecule has 1 aliphatic heterocycles. The molecule has 140 valence electrons. The normalized spacial score (nSPS) is 17.5. The zero-order valence-electron chi connectivity index (χ0n) is 15.7. The molecule has 27 heavy (non-hydrogen) atoms. The average Bonchev–Trinajstić information content (AvgIpc) is 2.94. The Morgan fingerprint density at radius 1 is 1.30 bits per heavy atom. The van der Waals surface area contributed by atoms with Crippen LogP contribution < -0.4 is 5.32 Å². The van der Waals surface area contributed by atoms with Crippen molar-refractivity contribution < 1.29 is 4.79 Å². The number of rotatable bonds is 2. The molecular formula is C20H22ClN5O. The first-order valence-corrected chi connectivity index (χ1v) is 9.41. The minimum absolute atomic E-state index is 0.00748. The summed E-state index contributed by atoms with van der Waals surface area (Å²) >= 11 is 6.19. The van der Waals surface area contributed by atoms with Gasteiger partial charge in [-0.05, 0) is 37.6 Å². The summed E-state index contributed by atoms with van der Waals surface area (Å²) in [7, 11) is 1.86. The molecule has 4 rings (SSSR count). The van der Waals surface area contributed by atoms with Crippen LogP contribution in [0.15, 0.2) is 30.3 Å². The van der Waals surface area contributed by atoms with Gasteiger partial charge in [0, 0.05) is 37.4 Å². The quantitative estimate of drug-likeness (QED) is 0.738. The predicted octanol–water partition coefficient (Wildman–Crippen LogP) is 3.03. The number of hydrogen-bond donors (Lipinski definition) is 1. The number of benzene rings is 1. The van der Waals surface area contributed by atoms with E-state index in [1.54, 1.807) is 4.68 Å². The summed E-state index contributed by atoms with van der Waals surface area (Å²) in [5.74, 6) is 0.00748. The molecule has 1 fully saturated rings. The Bertz CT molecular complexity index is 1030. The lowest BCUT2D eigenvalue weighted by molar-refractivity contribution is 0.0636. The highest BCUT2D eigenvalue weighted by Gasteiger charge is 2.30. The van der Waals surface area contributed by atoms with Gasteiger partial charge in [-0.3, -0.25) is 9.48 Å². The Kier molecular flexibility index (Phi) is 4.61. The molecule has 3 aromatic rings. The Hall–Kier alpha value is -2.44. The fourth-order valence-electron chi connectivity index (χ4n) is 3.85. The largest absolute Gasteiger partial charge is 0.329 e. The minimum Gasteiger partial charge on any atom is -0.329 e. The number of carbonyl (C=O) groups is 1. The third kappa shape index (κ3) is 3.19. The van der Waals surface area contributed by atoms with E-state index >= 15 is 0 Å². The maximum atomic E-state index is 13.6. The van der Waals surface area contributed by atoms with Crippen molar-refractivity contribution in [1.82, 2.24) is 25.0 Å². The summed E-state index contributed by atoms with van der Waals surface area (Å²) in [6.45, 7) is 5.93. The molecule has 1 aromatic carbocycles. The van der Waals surface area contributed by atoms with E-state index in [1.165, 1.54) is 0 Å². The van der Waals surface area contributed by atoms with Crippen molar-refractivity contribution in [3.8, 4) is 0 Å². The van der Waals surface area contributed by atoms with Gasteiger partial charge in [0.2, 0.25) is 0 Å². The fraction of sp³-hybridized carbons (Fsp3) is 0.350. The highest BCUT2D eigenvalue weighted by Crippen LogP contribution is 2.29. The van der Waals surface area contributed by atoms with Crippen molar-refractivity contribution in [1.29, 1.82) is 0 Å². The first-order valence-electron chi connectivity index (χ1n) is 9.04. The number of carbonyl (C=O) groups excluding carboxylic acids is 1. The van der Waals surface area contributed by atoms with E-state index in [2.05, 4.69) is 15.4 Å². The molecule has 1 aliphatic rings. The van der Waals surface area contributed by atoms with Crippen molar-refractivity contribution in [2.45, 2.75) is 19.9 Å². The number of aryl methyl sites for hydroxylation is 3. The number of piperazine rings is 1. The van der Waals surface area contributed by atoms with Gasteiger partial charge in [0.1, 0.15) is 0 Å². The van der Waals surface area contributed by atoms with Crippen LogP contribution in [0.25, 0.3) is 11.0 Å². The van der Waals surface area contributed by atoms with E-state index < -0.39 is 0 Å². The molecule has 6 nitrogen and oxygen atoms in total. The Morgan fingerprint density at radius 3 is 2.89 bits per heavy atom. The lowest BCUT2D eigenvalue weighted by Crippen LogP contribution is -2.48. The van der Waals surface area contributed by atoms with Crippen LogP contribution in [0.3, 0.4) is 0 Å². The summed E-state index contributed by atoms with van der Waals surface area (Å²) in [5.41, 5.74) is 4.07. The van der Waals surface area contributed by atoms with E-state index in [0.29, 0.717) is 23.7 Å². The molecule has 1 saturated heterocycles. The molecule has 1 N–H and O–H groups in total. The standard InChI is InChI=1S/C20H22ClN5O/c1-12-9-16(18-13(2)24-25(3)19(18)23-12)20(27)26-8-7-22-11-17(26)14-5-4-6-15(21)10-14/h4-6,9-10,17,22H,7-8,11H2,1-3H3. The lowest BCUT2D eigenvalue weighted by atomic mass is 10.0. The highest BCUT2D eigenvalue weighted by molar-refractivity contribution is 6.30. The van der Waals surface area contributed by atoms with Crippen molar-refractivity contribution >= 4 is 28.5 Å². The number of aromatic nitrogens is 3. The second-order valence-corrected chi connectivity index (χ2v) is 7.43. The van der Waals surface area contributed by atoms with Crippen LogP contribution in [0, 0.1) is 13.8 Å². The van der Waals surface area contributed by atoms with Crippen LogP contribution in [0.1, 0.15) is 33.4 Å². The average molecular weight is 384 g/mol. The van der Waals surface area contributed by atoms with Gasteiger partial charge in [0.15, 0.2) is 5.65 Å². The van der Waals surface area contributed by atoms with Crippen molar-refractivity contribution in [3.05, 3.63) is 57.9 Å². The maximum Gasteiger partial charge on any atom is 0.255 e. The van der Waals surface area contributed by atoms with Crippen molar-refractivity contribution in [2.24, 2.45) is 7.05 Å². The fourth-order valence-corrected chi connectivity index (χ4v) is 4.05. The third-order valence-electron chi connectivity index (χ3n) is 5.06. The second kappa shape index (κ2) is 6.94. The van der Waals surface area contributed by atoms with Gasteiger partial charge in [0.05, 0.1) is 22.7 Å². The zero-order valence-corrected chi connectivity index (χ0v) is 16.4. The second-order valence-electron chi connectivity index (χ2n) is 6.99. The summed E-state index contributed by atoms with van der Waals surface area (Å²) in [4.78, 5) is 20.1. The van der Waals surface area contributed by atoms with E-state index in [0.717, 1.165) is 34.5 Å². The van der Waals surface area contributed by atoms with E-state index in [-0.39, 0.29) is 11.9 Å². The summed E-state index contributed by atoms with van der Waals surface area (Å²) in [5, 5.41) is 9.36. The molecule has 0 aliphatic carbocycles. The number of nitrogens with zero attached hydrogens (tertiary/aromatic N) is 4. The maximum absolute atomic E-state index is 13.6. The number of amides is 1. The predicted molar refractivity (Wildman–Crippen MR) is 106 cm³/mol. The van der Waals surface area contributed by atoms with Gasteiger partial charge in [-0.1, -0.05) is 23.7 Å². The summed E-state index contributed by atoms with van der Waals surface area (Å²) in [6, 6.07) is 9.54. The zero-order chi connectivity index (χ0) is 19.1. The smallest absolute Gasteiger partial charge is 0.255 e. The third-order valence-corrected chi connectivity index (χ3v) is 5.30. The van der Waals surface area contributed by atoms with Crippen LogP contribution in [0.2, 0.25) is 5.02 Å². The molecule has 3 heterocycles. The molecule has 7 heteroatoms. The van der Waals surface area contributed by atoms with Gasteiger partial charge in [0.25, 0.3) is 5.91 Å². The molecule has 0 spiro atoms. The van der Waals surface area contributed by atoms with E-state index in [9.17, 15) is 4.79 Å². The molecule has 2 aromatic heterocycles. The van der Waals surface area contributed by atoms with Gasteiger partial charge in [-0.15, -0.1) is 0 Å². The van der Waals surface area contributed by atoms with Crippen molar-refractivity contribution in [3.63, 3.8) is 0 Å². The van der Waals surface area contributed by atoms with Crippen LogP contribution in [0.5, 0.6) is 0 Å². The number of fused-ring (bicyclic) bond motifs is 1. The topological polar surface area (TPSA) is 63.1 Å². The molecule has 0 radical (unpaired) electrons. The van der Waals surface area contributed by atoms with Gasteiger partial charge < -0.3 is 10.2 Å². The first-order chi connectivity index (χ1) is 13.0. The van der Waals surface area contributed by atoms with E-state index in [1.807, 2.05) is 56.1 Å². The first kappa shape index (κ1) is 17.9. The van der Waals surface area contributed by atoms with Crippen LogP contribution in [0.4, 0.5) is 0 Å². The molecule has 0 bridgehead atoms. The SMILES string of the molecule is Cc1cc(C(=O)N2CCNCC2c2cccc(Cl)c2)c2c(C)nn(C)c2n1. The molecular weight excluding hydrogens is 362 g/mol.